The summed E-state index contributed by atoms with van der Waals surface area (Å²) in [6.45, 7) is 0. The molecular weight excluding hydrogens is 1530 g/mol. The molecule has 6 aromatic heterocycles. The zero-order valence-electron chi connectivity index (χ0n) is 67.0. The van der Waals surface area contributed by atoms with Gasteiger partial charge < -0.3 is 13.6 Å². The van der Waals surface area contributed by atoms with E-state index >= 15 is 0 Å². The van der Waals surface area contributed by atoms with Crippen LogP contribution in [-0.2, 0) is 0 Å². The van der Waals surface area contributed by atoms with Gasteiger partial charge in [-0.15, -0.1) is 11.3 Å². The van der Waals surface area contributed by atoms with E-state index in [1.807, 2.05) is 108 Å². The van der Waals surface area contributed by atoms with Gasteiger partial charge in [0.25, 0.3) is 0 Å². The first-order valence-electron chi connectivity index (χ1n) is 41.7. The van der Waals surface area contributed by atoms with E-state index in [0.717, 1.165) is 133 Å². The second kappa shape index (κ2) is 31.1. The molecule has 0 amide bonds. The number of benzene rings is 18. The summed E-state index contributed by atoms with van der Waals surface area (Å²) in [6, 6.07) is 154. The first kappa shape index (κ1) is 72.8. The van der Waals surface area contributed by atoms with Crippen molar-refractivity contribution < 1.29 is 4.42 Å². The summed E-state index contributed by atoms with van der Waals surface area (Å²) in [5.74, 6) is 3.73. The van der Waals surface area contributed by atoms with Crippen molar-refractivity contribution in [2.45, 2.75) is 0 Å². The summed E-state index contributed by atoms with van der Waals surface area (Å²) >= 11 is 1.87. The monoisotopic (exact) mass is 1600 g/mol. The fourth-order valence-electron chi connectivity index (χ4n) is 17.8. The molecule has 9 nitrogen and oxygen atoms in total. The van der Waals surface area contributed by atoms with Crippen molar-refractivity contribution in [3.05, 3.63) is 437 Å². The molecule has 0 spiro atoms. The van der Waals surface area contributed by atoms with E-state index in [9.17, 15) is 0 Å². The van der Waals surface area contributed by atoms with Crippen molar-refractivity contribution in [2.24, 2.45) is 0 Å². The minimum absolute atomic E-state index is 0.595. The minimum atomic E-state index is 0.595. The van der Waals surface area contributed by atoms with E-state index in [-0.39, 0.29) is 0 Å². The first-order chi connectivity index (χ1) is 61.5. The zero-order chi connectivity index (χ0) is 82.0. The van der Waals surface area contributed by atoms with Crippen LogP contribution in [-0.4, -0.2) is 39.0 Å². The maximum absolute atomic E-state index is 6.55. The Morgan fingerprint density at radius 1 is 0.185 bits per heavy atom. The highest BCUT2D eigenvalue weighted by Gasteiger charge is 2.25. The molecular formula is C114H72N8OS. The average Bonchev–Trinajstić information content (AvgIpc) is 1.58. The van der Waals surface area contributed by atoms with Crippen molar-refractivity contribution in [3.63, 3.8) is 0 Å². The van der Waals surface area contributed by atoms with E-state index in [1.165, 1.54) is 64.0 Å². The molecule has 18 aromatic carbocycles. The van der Waals surface area contributed by atoms with Crippen LogP contribution in [0.2, 0.25) is 0 Å². The Morgan fingerprint density at radius 3 is 1.02 bits per heavy atom. The molecule has 0 atom stereocenters. The third kappa shape index (κ3) is 13.2. The third-order valence-corrected chi connectivity index (χ3v) is 24.9. The Balaban J connectivity index is 0.000000146. The fourth-order valence-corrected chi connectivity index (χ4v) is 19.1. The van der Waals surface area contributed by atoms with Gasteiger partial charge in [0.1, 0.15) is 11.2 Å². The highest BCUT2D eigenvalue weighted by molar-refractivity contribution is 7.26. The second-order valence-corrected chi connectivity index (χ2v) is 32.2. The number of nitrogens with zero attached hydrogens (tertiary/aromatic N) is 8. The molecule has 124 heavy (non-hydrogen) atoms. The molecule has 580 valence electrons. The highest BCUT2D eigenvalue weighted by Crippen LogP contribution is 2.47. The Kier molecular flexibility index (Phi) is 18.2. The van der Waals surface area contributed by atoms with E-state index < -0.39 is 0 Å². The van der Waals surface area contributed by atoms with Gasteiger partial charge in [0.05, 0.1) is 33.4 Å². The van der Waals surface area contributed by atoms with Crippen LogP contribution < -0.4 is 0 Å². The van der Waals surface area contributed by atoms with E-state index in [1.54, 1.807) is 0 Å². The number of thiophene rings is 1. The number of hydrogen-bond acceptors (Lipinski definition) is 8. The Bertz CT molecular complexity index is 8170. The zero-order valence-corrected chi connectivity index (χ0v) is 67.8. The van der Waals surface area contributed by atoms with Crippen LogP contribution in [0.3, 0.4) is 0 Å². The largest absolute Gasteiger partial charge is 0.455 e. The maximum atomic E-state index is 6.55. The quantitative estimate of drug-likeness (QED) is 0.107. The van der Waals surface area contributed by atoms with Crippen LogP contribution in [0, 0.1) is 0 Å². The predicted octanol–water partition coefficient (Wildman–Crippen LogP) is 30.2. The highest BCUT2D eigenvalue weighted by atomic mass is 32.1. The SMILES string of the molecule is c1ccc(-c2cccc(-c3cccc(-c4nc(-c5ccccc5)nc(-c5ccc(-n6c7ccccc7c7ccc(-c8cccc9c8oc8ccccc89)cc76)c(-c6ccccc6)c5)n4)c3)c2)cc1.c1ccc(-c2nc(-c3ccccc3)nc(-c3ccc(-n4c5ccccc5c5ccc(-c6cccc7c6sc6ccccc67)cc54)c(-c4ccccc4)c3)n2)cc1. The predicted molar refractivity (Wildman–Crippen MR) is 514 cm³/mol. The van der Waals surface area contributed by atoms with Crippen LogP contribution in [0.15, 0.2) is 441 Å². The van der Waals surface area contributed by atoms with Crippen LogP contribution in [0.25, 0.3) is 232 Å². The number of fused-ring (bicyclic) bond motifs is 12. The lowest BCUT2D eigenvalue weighted by molar-refractivity contribution is 0.670. The molecule has 6 heterocycles. The molecule has 0 radical (unpaired) electrons. The van der Waals surface area contributed by atoms with Gasteiger partial charge >= 0.3 is 0 Å². The summed E-state index contributed by atoms with van der Waals surface area (Å²) in [4.78, 5) is 30.7. The number of aromatic nitrogens is 8. The Morgan fingerprint density at radius 2 is 0.516 bits per heavy atom. The lowest BCUT2D eigenvalue weighted by atomic mass is 9.98. The molecule has 10 heteroatoms. The molecule has 0 bridgehead atoms. The number of hydrogen-bond donors (Lipinski definition) is 0. The maximum Gasteiger partial charge on any atom is 0.164 e. The molecule has 0 saturated heterocycles. The third-order valence-electron chi connectivity index (χ3n) is 23.7. The summed E-state index contributed by atoms with van der Waals surface area (Å²) < 4.78 is 14.0. The van der Waals surface area contributed by atoms with Crippen molar-refractivity contribution in [3.8, 4) is 146 Å². The van der Waals surface area contributed by atoms with Gasteiger partial charge in [-0.3, -0.25) is 0 Å². The molecule has 24 rings (SSSR count). The Labute approximate surface area is 718 Å². The van der Waals surface area contributed by atoms with Crippen molar-refractivity contribution in [1.29, 1.82) is 0 Å². The average molecular weight is 1600 g/mol. The lowest BCUT2D eigenvalue weighted by Gasteiger charge is -2.16. The van der Waals surface area contributed by atoms with E-state index in [0.29, 0.717) is 34.9 Å². The Hall–Kier alpha value is -16.4. The molecule has 0 aliphatic heterocycles. The molecule has 0 unspecified atom stereocenters. The van der Waals surface area contributed by atoms with Crippen LogP contribution in [0.5, 0.6) is 0 Å². The molecule has 0 N–H and O–H groups in total. The second-order valence-electron chi connectivity index (χ2n) is 31.2. The van der Waals surface area contributed by atoms with Gasteiger partial charge in [-0.2, -0.15) is 0 Å². The van der Waals surface area contributed by atoms with Gasteiger partial charge in [-0.1, -0.05) is 352 Å². The van der Waals surface area contributed by atoms with Gasteiger partial charge in [0.15, 0.2) is 34.9 Å². The first-order valence-corrected chi connectivity index (χ1v) is 42.5. The number of para-hydroxylation sites is 4. The summed E-state index contributed by atoms with van der Waals surface area (Å²) in [5.41, 5.74) is 27.5. The van der Waals surface area contributed by atoms with Crippen LogP contribution in [0.4, 0.5) is 0 Å². The number of furan rings is 1. The molecule has 0 aliphatic rings. The summed E-state index contributed by atoms with van der Waals surface area (Å²) in [5, 5.41) is 9.63. The topological polar surface area (TPSA) is 100 Å². The fraction of sp³-hybridized carbons (Fsp3) is 0. The van der Waals surface area contributed by atoms with Gasteiger partial charge in [0.2, 0.25) is 0 Å². The molecule has 24 aromatic rings. The molecule has 0 saturated carbocycles. The van der Waals surface area contributed by atoms with Crippen LogP contribution in [0.1, 0.15) is 0 Å². The van der Waals surface area contributed by atoms with Crippen molar-refractivity contribution in [1.82, 2.24) is 39.0 Å². The van der Waals surface area contributed by atoms with Crippen LogP contribution >= 0.6 is 11.3 Å². The van der Waals surface area contributed by atoms with Gasteiger partial charge in [-0.05, 0) is 135 Å². The normalized spacial score (nSPS) is 11.5. The van der Waals surface area contributed by atoms with Gasteiger partial charge in [0, 0.05) is 103 Å². The van der Waals surface area contributed by atoms with E-state index in [2.05, 4.69) is 349 Å². The smallest absolute Gasteiger partial charge is 0.164 e. The molecule has 0 fully saturated rings. The molecule has 0 aliphatic carbocycles. The number of rotatable bonds is 14. The van der Waals surface area contributed by atoms with E-state index in [4.69, 9.17) is 34.3 Å². The summed E-state index contributed by atoms with van der Waals surface area (Å²) in [7, 11) is 0. The lowest BCUT2D eigenvalue weighted by Crippen LogP contribution is -2.02. The van der Waals surface area contributed by atoms with Gasteiger partial charge in [-0.25, -0.2) is 29.9 Å². The summed E-state index contributed by atoms with van der Waals surface area (Å²) in [6.07, 6.45) is 0. The minimum Gasteiger partial charge on any atom is -0.455 e. The van der Waals surface area contributed by atoms with Crippen molar-refractivity contribution >= 4 is 97.1 Å². The van der Waals surface area contributed by atoms with Crippen molar-refractivity contribution in [2.75, 3.05) is 0 Å². The standard InChI is InChI=1S/C63H40N4O.C51H32N4S/c1-4-17-41(18-5-1)44-23-14-24-45(37-44)46-25-15-26-48(38-46)62-64-61(43-21-8-3-9-22-43)65-63(66-62)49-34-36-57(55(39-49)42-19-6-2-7-20-42)67-56-31-12-10-27-51(56)52-35-33-47(40-58(52)67)50-29-16-30-54-53-28-11-13-32-59(53)68-60(50)54;1-4-15-33(16-5-1)43-31-37(51-53-49(34-17-6-2-7-18-34)52-50(54-51)35-19-8-3-9-20-35)28-30-45(43)55-44-25-12-10-21-39(44)40-29-27-36(32-46(40)55)38-23-14-24-42-41-22-11-13-26-47(41)56-48(38)42/h1-40H;1-32H.